The Hall–Kier alpha value is -1.60. The van der Waals surface area contributed by atoms with Crippen LogP contribution in [-0.4, -0.2) is 31.6 Å². The minimum atomic E-state index is -0.384. The number of quaternary nitrogens is 1. The van der Waals surface area contributed by atoms with Gasteiger partial charge in [0.05, 0.1) is 11.6 Å². The number of amides is 3. The van der Waals surface area contributed by atoms with Gasteiger partial charge in [-0.05, 0) is 53.9 Å². The normalized spacial score (nSPS) is 16.1. The quantitative estimate of drug-likeness (QED) is 0.669. The van der Waals surface area contributed by atoms with E-state index in [0.717, 1.165) is 41.5 Å². The van der Waals surface area contributed by atoms with E-state index in [1.807, 2.05) is 30.4 Å². The van der Waals surface area contributed by atoms with Crippen molar-refractivity contribution in [2.24, 2.45) is 0 Å². The molecule has 0 radical (unpaired) electrons. The number of carbonyl (C=O) groups excluding carboxylic acids is 2. The van der Waals surface area contributed by atoms with Crippen LogP contribution in [0.3, 0.4) is 0 Å². The van der Waals surface area contributed by atoms with Gasteiger partial charge in [-0.3, -0.25) is 10.1 Å². The summed E-state index contributed by atoms with van der Waals surface area (Å²) in [6, 6.07) is 5.74. The molecule has 1 fully saturated rings. The molecule has 0 heterocycles. The molecule has 3 amide bonds. The fraction of sp³-hybridized carbons (Fsp3) is 0.556. The van der Waals surface area contributed by atoms with Crippen LogP contribution in [0.5, 0.6) is 5.75 Å². The van der Waals surface area contributed by atoms with Crippen LogP contribution in [0.4, 0.5) is 4.79 Å². The van der Waals surface area contributed by atoms with E-state index in [-0.39, 0.29) is 30.6 Å². The molecule has 0 bridgehead atoms. The van der Waals surface area contributed by atoms with Gasteiger partial charge in [0.25, 0.3) is 5.91 Å². The highest BCUT2D eigenvalue weighted by Gasteiger charge is 2.18. The molecular formula is C18H27BrN3O3+. The summed E-state index contributed by atoms with van der Waals surface area (Å²) in [5.41, 5.74) is 1.08. The molecule has 1 atom stereocenters. The second-order valence-electron chi connectivity index (χ2n) is 6.48. The summed E-state index contributed by atoms with van der Waals surface area (Å²) in [4.78, 5) is 23.8. The summed E-state index contributed by atoms with van der Waals surface area (Å²) in [5, 5.41) is 7.20. The third-order valence-corrected chi connectivity index (χ3v) is 5.17. The van der Waals surface area contributed by atoms with Crippen LogP contribution in [0.15, 0.2) is 22.7 Å². The number of nitrogens with two attached hydrogens (primary N) is 1. The molecule has 1 aliphatic rings. The lowest BCUT2D eigenvalue weighted by molar-refractivity contribution is -0.682. The van der Waals surface area contributed by atoms with Crippen molar-refractivity contribution >= 4 is 27.9 Å². The Bertz CT molecular complexity index is 603. The Kier molecular flexibility index (Phi) is 7.71. The summed E-state index contributed by atoms with van der Waals surface area (Å²) in [6.45, 7) is 2.21. The van der Waals surface area contributed by atoms with Gasteiger partial charge in [-0.15, -0.1) is 0 Å². The molecule has 1 aromatic rings. The topological polar surface area (TPSA) is 84.0 Å². The van der Waals surface area contributed by atoms with Crippen LogP contribution in [0.25, 0.3) is 0 Å². The van der Waals surface area contributed by atoms with Gasteiger partial charge in [-0.2, -0.15) is 0 Å². The number of rotatable bonds is 6. The molecule has 25 heavy (non-hydrogen) atoms. The number of benzene rings is 1. The first-order chi connectivity index (χ1) is 12.0. The molecular weight excluding hydrogens is 386 g/mol. The predicted octanol–water partition coefficient (Wildman–Crippen LogP) is 2.24. The monoisotopic (exact) mass is 412 g/mol. The maximum absolute atomic E-state index is 12.0. The second-order valence-corrected chi connectivity index (χ2v) is 7.33. The maximum atomic E-state index is 12.0. The van der Waals surface area contributed by atoms with E-state index in [4.69, 9.17) is 4.74 Å². The van der Waals surface area contributed by atoms with E-state index >= 15 is 0 Å². The molecule has 7 heteroatoms. The Morgan fingerprint density at radius 1 is 1.32 bits per heavy atom. The van der Waals surface area contributed by atoms with Crippen LogP contribution in [0.1, 0.15) is 50.6 Å². The Morgan fingerprint density at radius 3 is 2.68 bits per heavy atom. The molecule has 1 saturated carbocycles. The molecule has 0 unspecified atom stereocenters. The molecule has 2 rings (SSSR count). The standard InChI is InChI=1S/C18H26BrN3O3/c1-12(13-8-9-16(25-2)15(19)10-13)20-11-17(23)22-18(24)21-14-6-4-3-5-7-14/h8-10,12,14,20H,3-7,11H2,1-2H3,(H2,21,22,23,24)/p+1/t12-/m0/s1. The first-order valence-corrected chi connectivity index (χ1v) is 9.56. The average molecular weight is 413 g/mol. The number of methoxy groups -OCH3 is 1. The highest BCUT2D eigenvalue weighted by molar-refractivity contribution is 9.10. The number of urea groups is 1. The lowest BCUT2D eigenvalue weighted by atomic mass is 9.96. The van der Waals surface area contributed by atoms with Gasteiger partial charge in [0.1, 0.15) is 11.8 Å². The van der Waals surface area contributed by atoms with Gasteiger partial charge in [-0.25, -0.2) is 4.79 Å². The third-order valence-electron chi connectivity index (χ3n) is 4.55. The van der Waals surface area contributed by atoms with Crippen LogP contribution in [0, 0.1) is 0 Å². The molecule has 1 aliphatic carbocycles. The zero-order valence-corrected chi connectivity index (χ0v) is 16.4. The highest BCUT2D eigenvalue weighted by Crippen LogP contribution is 2.27. The molecule has 4 N–H and O–H groups in total. The molecule has 0 saturated heterocycles. The van der Waals surface area contributed by atoms with Crippen molar-refractivity contribution in [1.29, 1.82) is 0 Å². The minimum Gasteiger partial charge on any atom is -0.496 e. The van der Waals surface area contributed by atoms with E-state index in [1.54, 1.807) is 7.11 Å². The average Bonchev–Trinajstić information content (AvgIpc) is 2.60. The summed E-state index contributed by atoms with van der Waals surface area (Å²) < 4.78 is 6.10. The van der Waals surface area contributed by atoms with Crippen molar-refractivity contribution in [2.45, 2.75) is 51.1 Å². The number of hydrogen-bond acceptors (Lipinski definition) is 3. The van der Waals surface area contributed by atoms with Crippen LogP contribution < -0.4 is 20.7 Å². The number of hydrogen-bond donors (Lipinski definition) is 3. The van der Waals surface area contributed by atoms with E-state index in [0.29, 0.717) is 0 Å². The van der Waals surface area contributed by atoms with E-state index in [2.05, 4.69) is 26.6 Å². The highest BCUT2D eigenvalue weighted by atomic mass is 79.9. The Labute approximate surface area is 157 Å². The molecule has 0 spiro atoms. The summed E-state index contributed by atoms with van der Waals surface area (Å²) in [7, 11) is 1.62. The van der Waals surface area contributed by atoms with E-state index < -0.39 is 0 Å². The molecule has 0 aliphatic heterocycles. The van der Waals surface area contributed by atoms with Gasteiger partial charge >= 0.3 is 6.03 Å². The SMILES string of the molecule is COc1ccc([C@H](C)[NH2+]CC(=O)NC(=O)NC2CCCCC2)cc1Br. The van der Waals surface area contributed by atoms with Crippen LogP contribution >= 0.6 is 15.9 Å². The number of carbonyl (C=O) groups is 2. The van der Waals surface area contributed by atoms with Gasteiger partial charge in [0.2, 0.25) is 0 Å². The summed E-state index contributed by atoms with van der Waals surface area (Å²) >= 11 is 3.46. The second kappa shape index (κ2) is 9.77. The van der Waals surface area contributed by atoms with Crippen molar-refractivity contribution in [1.82, 2.24) is 10.6 Å². The lowest BCUT2D eigenvalue weighted by Crippen LogP contribution is -2.87. The largest absolute Gasteiger partial charge is 0.496 e. The van der Waals surface area contributed by atoms with Crippen molar-refractivity contribution in [3.63, 3.8) is 0 Å². The Balaban J connectivity index is 1.74. The van der Waals surface area contributed by atoms with Crippen LogP contribution in [0.2, 0.25) is 0 Å². The number of imide groups is 1. The predicted molar refractivity (Wildman–Crippen MR) is 99.4 cm³/mol. The molecule has 1 aromatic carbocycles. The van der Waals surface area contributed by atoms with E-state index in [1.165, 1.54) is 6.42 Å². The maximum Gasteiger partial charge on any atom is 0.321 e. The van der Waals surface area contributed by atoms with Gasteiger partial charge in [-0.1, -0.05) is 19.3 Å². The van der Waals surface area contributed by atoms with Gasteiger partial charge < -0.3 is 15.4 Å². The number of halogens is 1. The van der Waals surface area contributed by atoms with Gasteiger partial charge in [0.15, 0.2) is 6.54 Å². The fourth-order valence-electron chi connectivity index (χ4n) is 3.03. The van der Waals surface area contributed by atoms with E-state index in [9.17, 15) is 9.59 Å². The number of ether oxygens (including phenoxy) is 1. The summed E-state index contributed by atoms with van der Waals surface area (Å²) in [6.07, 6.45) is 5.50. The van der Waals surface area contributed by atoms with Crippen molar-refractivity contribution in [3.8, 4) is 5.75 Å². The molecule has 0 aromatic heterocycles. The fourth-order valence-corrected chi connectivity index (χ4v) is 3.59. The molecule has 6 nitrogen and oxygen atoms in total. The first kappa shape index (κ1) is 19.7. The first-order valence-electron chi connectivity index (χ1n) is 8.76. The van der Waals surface area contributed by atoms with Crippen LogP contribution in [-0.2, 0) is 4.79 Å². The van der Waals surface area contributed by atoms with Gasteiger partial charge in [0, 0.05) is 11.6 Å². The van der Waals surface area contributed by atoms with Crippen molar-refractivity contribution < 1.29 is 19.6 Å². The zero-order valence-electron chi connectivity index (χ0n) is 14.8. The van der Waals surface area contributed by atoms with Crippen molar-refractivity contribution in [3.05, 3.63) is 28.2 Å². The molecule has 138 valence electrons. The van der Waals surface area contributed by atoms with Crippen molar-refractivity contribution in [2.75, 3.05) is 13.7 Å². The Morgan fingerprint density at radius 2 is 2.04 bits per heavy atom. The minimum absolute atomic E-state index is 0.0920. The lowest BCUT2D eigenvalue weighted by Gasteiger charge is -2.22. The number of nitrogens with one attached hydrogen (secondary N) is 2. The summed E-state index contributed by atoms with van der Waals surface area (Å²) in [5.74, 6) is 0.487. The smallest absolute Gasteiger partial charge is 0.321 e. The third kappa shape index (κ3) is 6.32. The zero-order chi connectivity index (χ0) is 18.2.